The van der Waals surface area contributed by atoms with Crippen molar-refractivity contribution in [2.24, 2.45) is 5.10 Å². The Labute approximate surface area is 151 Å². The second kappa shape index (κ2) is 6.72. The number of nitrogens with zero attached hydrogens (tertiary/aromatic N) is 3. The lowest BCUT2D eigenvalue weighted by Crippen LogP contribution is -1.99. The normalized spacial score (nSPS) is 11.3. The molecule has 0 aliphatic heterocycles. The first-order valence-electron chi connectivity index (χ1n) is 8.30. The second-order valence-corrected chi connectivity index (χ2v) is 6.00. The van der Waals surface area contributed by atoms with E-state index >= 15 is 0 Å². The lowest BCUT2D eigenvalue weighted by atomic mass is 10.1. The van der Waals surface area contributed by atoms with Crippen molar-refractivity contribution in [2.45, 2.75) is 6.92 Å². The molecule has 0 atom stereocenters. The van der Waals surface area contributed by atoms with Crippen LogP contribution in [0.2, 0.25) is 0 Å². The number of hydrogen-bond donors (Lipinski definition) is 1. The van der Waals surface area contributed by atoms with Gasteiger partial charge in [-0.3, -0.25) is 0 Å². The number of hydrogen-bond acceptors (Lipinski definition) is 4. The fourth-order valence-corrected chi connectivity index (χ4v) is 2.78. The third kappa shape index (κ3) is 3.15. The van der Waals surface area contributed by atoms with Gasteiger partial charge >= 0.3 is 0 Å². The maximum absolute atomic E-state index is 5.96. The van der Waals surface area contributed by atoms with E-state index in [-0.39, 0.29) is 0 Å². The van der Waals surface area contributed by atoms with E-state index in [2.05, 4.69) is 29.1 Å². The molecule has 0 unspecified atom stereocenters. The maximum Gasteiger partial charge on any atom is 0.221 e. The second-order valence-electron chi connectivity index (χ2n) is 6.00. The molecule has 4 rings (SSSR count). The molecule has 0 saturated heterocycles. The zero-order chi connectivity index (χ0) is 17.9. The van der Waals surface area contributed by atoms with Crippen LogP contribution in [0, 0.1) is 6.92 Å². The third-order valence-electron chi connectivity index (χ3n) is 4.06. The van der Waals surface area contributed by atoms with Crippen LogP contribution in [0.5, 0.6) is 0 Å². The van der Waals surface area contributed by atoms with Crippen molar-refractivity contribution in [3.63, 3.8) is 0 Å². The fourth-order valence-electron chi connectivity index (χ4n) is 2.78. The van der Waals surface area contributed by atoms with Gasteiger partial charge in [0.15, 0.2) is 0 Å². The summed E-state index contributed by atoms with van der Waals surface area (Å²) in [7, 11) is 0. The molecule has 0 aliphatic carbocycles. The SMILES string of the molecule is Cc1cccc(-c2ccc(C=Nn3c(-c4ccccc4)cnc3N)o2)c1. The lowest BCUT2D eigenvalue weighted by molar-refractivity contribution is 0.574. The molecule has 0 saturated carbocycles. The van der Waals surface area contributed by atoms with Crippen LogP contribution in [0.25, 0.3) is 22.6 Å². The van der Waals surface area contributed by atoms with Gasteiger partial charge in [0.1, 0.15) is 11.5 Å². The summed E-state index contributed by atoms with van der Waals surface area (Å²) >= 11 is 0. The molecule has 0 bridgehead atoms. The molecule has 0 fully saturated rings. The van der Waals surface area contributed by atoms with Crippen LogP contribution in [0.3, 0.4) is 0 Å². The molecule has 0 amide bonds. The molecule has 2 N–H and O–H groups in total. The van der Waals surface area contributed by atoms with Gasteiger partial charge < -0.3 is 10.2 Å². The number of benzene rings is 2. The Kier molecular flexibility index (Phi) is 4.11. The van der Waals surface area contributed by atoms with Crippen molar-refractivity contribution in [3.05, 3.63) is 84.3 Å². The van der Waals surface area contributed by atoms with E-state index in [4.69, 9.17) is 10.2 Å². The number of nitrogens with two attached hydrogens (primary N) is 1. The highest BCUT2D eigenvalue weighted by Gasteiger charge is 2.09. The van der Waals surface area contributed by atoms with E-state index in [1.807, 2.05) is 54.6 Å². The van der Waals surface area contributed by atoms with Crippen LogP contribution >= 0.6 is 0 Å². The Hall–Kier alpha value is -3.60. The fraction of sp³-hybridized carbons (Fsp3) is 0.0476. The van der Waals surface area contributed by atoms with Crippen LogP contribution in [-0.2, 0) is 0 Å². The lowest BCUT2D eigenvalue weighted by Gasteiger charge is -2.03. The van der Waals surface area contributed by atoms with Crippen LogP contribution < -0.4 is 5.73 Å². The van der Waals surface area contributed by atoms with Gasteiger partial charge in [-0.2, -0.15) is 9.78 Å². The van der Waals surface area contributed by atoms with Gasteiger partial charge in [-0.05, 0) is 25.1 Å². The Balaban J connectivity index is 1.63. The summed E-state index contributed by atoms with van der Waals surface area (Å²) in [4.78, 5) is 4.16. The van der Waals surface area contributed by atoms with Gasteiger partial charge in [0, 0.05) is 11.1 Å². The van der Waals surface area contributed by atoms with Crippen molar-refractivity contribution >= 4 is 12.2 Å². The van der Waals surface area contributed by atoms with E-state index in [9.17, 15) is 0 Å². The molecule has 0 radical (unpaired) electrons. The first-order valence-corrected chi connectivity index (χ1v) is 8.30. The summed E-state index contributed by atoms with van der Waals surface area (Å²) in [5.41, 5.74) is 10.0. The molecule has 128 valence electrons. The predicted octanol–water partition coefficient (Wildman–Crippen LogP) is 4.58. The van der Waals surface area contributed by atoms with Gasteiger partial charge in [-0.25, -0.2) is 4.98 Å². The summed E-state index contributed by atoms with van der Waals surface area (Å²) in [6, 6.07) is 21.9. The smallest absolute Gasteiger partial charge is 0.221 e. The van der Waals surface area contributed by atoms with Crippen molar-refractivity contribution in [1.29, 1.82) is 0 Å². The average Bonchev–Trinajstić information content (AvgIpc) is 3.27. The molecule has 0 aliphatic rings. The Morgan fingerprint density at radius 1 is 1.00 bits per heavy atom. The molecule has 2 aromatic carbocycles. The molecule has 26 heavy (non-hydrogen) atoms. The molecule has 2 heterocycles. The van der Waals surface area contributed by atoms with Gasteiger partial charge in [0.2, 0.25) is 5.95 Å². The molecular formula is C21H18N4O. The minimum atomic E-state index is 0.325. The van der Waals surface area contributed by atoms with Gasteiger partial charge in [-0.15, -0.1) is 0 Å². The maximum atomic E-state index is 5.96. The standard InChI is InChI=1S/C21H18N4O/c1-15-6-5-9-17(12-15)20-11-10-18(26-20)13-24-25-19(14-23-21(25)22)16-7-3-2-4-8-16/h2-14H,1H3,(H2,22,23). The molecule has 5 heteroatoms. The zero-order valence-corrected chi connectivity index (χ0v) is 14.3. The zero-order valence-electron chi connectivity index (χ0n) is 14.3. The molecule has 4 aromatic rings. The molecule has 2 aromatic heterocycles. The Morgan fingerprint density at radius 2 is 1.81 bits per heavy atom. The summed E-state index contributed by atoms with van der Waals surface area (Å²) in [5.74, 6) is 1.77. The average molecular weight is 342 g/mol. The van der Waals surface area contributed by atoms with Crippen molar-refractivity contribution in [3.8, 4) is 22.6 Å². The largest absolute Gasteiger partial charge is 0.455 e. The number of aryl methyl sites for hydroxylation is 1. The topological polar surface area (TPSA) is 69.3 Å². The summed E-state index contributed by atoms with van der Waals surface area (Å²) in [5, 5.41) is 4.45. The molecule has 0 spiro atoms. The van der Waals surface area contributed by atoms with Crippen LogP contribution in [-0.4, -0.2) is 15.9 Å². The van der Waals surface area contributed by atoms with E-state index in [1.54, 1.807) is 17.1 Å². The summed E-state index contributed by atoms with van der Waals surface area (Å²) in [6.45, 7) is 2.06. The number of imidazole rings is 1. The molecule has 5 nitrogen and oxygen atoms in total. The monoisotopic (exact) mass is 342 g/mol. The predicted molar refractivity (Wildman–Crippen MR) is 104 cm³/mol. The number of rotatable bonds is 4. The van der Waals surface area contributed by atoms with E-state index in [1.165, 1.54) is 5.56 Å². The van der Waals surface area contributed by atoms with E-state index in [0.717, 1.165) is 22.6 Å². The number of aromatic nitrogens is 2. The first-order chi connectivity index (χ1) is 12.7. The Bertz CT molecular complexity index is 1060. The summed E-state index contributed by atoms with van der Waals surface area (Å²) < 4.78 is 7.49. The highest BCUT2D eigenvalue weighted by molar-refractivity contribution is 5.78. The third-order valence-corrected chi connectivity index (χ3v) is 4.06. The summed E-state index contributed by atoms with van der Waals surface area (Å²) in [6.07, 6.45) is 3.35. The number of furan rings is 1. The van der Waals surface area contributed by atoms with Crippen molar-refractivity contribution in [2.75, 3.05) is 5.73 Å². The van der Waals surface area contributed by atoms with Crippen LogP contribution in [0.4, 0.5) is 5.95 Å². The van der Waals surface area contributed by atoms with Gasteiger partial charge in [-0.1, -0.05) is 54.1 Å². The van der Waals surface area contributed by atoms with Gasteiger partial charge in [0.25, 0.3) is 0 Å². The number of anilines is 1. The number of nitrogen functional groups attached to an aromatic ring is 1. The van der Waals surface area contributed by atoms with Gasteiger partial charge in [0.05, 0.1) is 18.1 Å². The minimum absolute atomic E-state index is 0.325. The van der Waals surface area contributed by atoms with Crippen LogP contribution in [0.15, 0.2) is 82.4 Å². The van der Waals surface area contributed by atoms with Crippen LogP contribution in [0.1, 0.15) is 11.3 Å². The van der Waals surface area contributed by atoms with E-state index in [0.29, 0.717) is 11.7 Å². The van der Waals surface area contributed by atoms with Crippen molar-refractivity contribution in [1.82, 2.24) is 9.66 Å². The van der Waals surface area contributed by atoms with Crippen molar-refractivity contribution < 1.29 is 4.42 Å². The quantitative estimate of drug-likeness (QED) is 0.552. The highest BCUT2D eigenvalue weighted by Crippen LogP contribution is 2.24. The molecular weight excluding hydrogens is 324 g/mol. The first kappa shape index (κ1) is 15.9. The highest BCUT2D eigenvalue weighted by atomic mass is 16.3. The van der Waals surface area contributed by atoms with E-state index < -0.39 is 0 Å². The Morgan fingerprint density at radius 3 is 2.62 bits per heavy atom. The minimum Gasteiger partial charge on any atom is -0.455 e.